The van der Waals surface area contributed by atoms with Gasteiger partial charge in [-0.1, -0.05) is 6.42 Å². The Balaban J connectivity index is 1.67. The molecule has 0 bridgehead atoms. The van der Waals surface area contributed by atoms with Gasteiger partial charge in [0.15, 0.2) is 0 Å². The Hall–Kier alpha value is -0.610. The van der Waals surface area contributed by atoms with Crippen LogP contribution in [0, 0.1) is 5.92 Å². The van der Waals surface area contributed by atoms with Crippen molar-refractivity contribution in [1.29, 1.82) is 0 Å². The third-order valence-electron chi connectivity index (χ3n) is 4.24. The molecule has 0 saturated carbocycles. The summed E-state index contributed by atoms with van der Waals surface area (Å²) in [6, 6.07) is 0.687. The summed E-state index contributed by atoms with van der Waals surface area (Å²) < 4.78 is 0. The second-order valence-electron chi connectivity index (χ2n) is 5.99. The molecule has 4 nitrogen and oxygen atoms in total. The van der Waals surface area contributed by atoms with Gasteiger partial charge in [-0.15, -0.1) is 0 Å². The average molecular weight is 253 g/mol. The Kier molecular flexibility index (Phi) is 5.01. The van der Waals surface area contributed by atoms with Gasteiger partial charge < -0.3 is 15.5 Å². The highest BCUT2D eigenvalue weighted by molar-refractivity contribution is 5.81. The van der Waals surface area contributed by atoms with E-state index in [9.17, 15) is 4.79 Å². The zero-order valence-electron chi connectivity index (χ0n) is 11.7. The molecule has 0 aromatic carbocycles. The molecule has 2 heterocycles. The van der Waals surface area contributed by atoms with Crippen LogP contribution in [0.4, 0.5) is 0 Å². The molecule has 0 aliphatic carbocycles. The van der Waals surface area contributed by atoms with Gasteiger partial charge in [0.2, 0.25) is 5.91 Å². The van der Waals surface area contributed by atoms with Crippen molar-refractivity contribution in [3.63, 3.8) is 0 Å². The molecule has 18 heavy (non-hydrogen) atoms. The lowest BCUT2D eigenvalue weighted by Gasteiger charge is -2.24. The van der Waals surface area contributed by atoms with Crippen LogP contribution in [0.2, 0.25) is 0 Å². The summed E-state index contributed by atoms with van der Waals surface area (Å²) in [5, 5.41) is 6.42. The minimum absolute atomic E-state index is 0.0568. The Morgan fingerprint density at radius 1 is 1.39 bits per heavy atom. The van der Waals surface area contributed by atoms with Crippen LogP contribution in [0.15, 0.2) is 0 Å². The van der Waals surface area contributed by atoms with Gasteiger partial charge in [-0.25, -0.2) is 0 Å². The zero-order valence-corrected chi connectivity index (χ0v) is 11.7. The Bertz CT molecular complexity index is 274. The standard InChI is InChI=1S/C14H27N3O/c1-11(2)17-8-6-12(10-17)9-16-14(18)13-5-3-4-7-15-13/h11-13,15H,3-10H2,1-2H3,(H,16,18). The van der Waals surface area contributed by atoms with Gasteiger partial charge in [0.1, 0.15) is 0 Å². The number of hydrogen-bond donors (Lipinski definition) is 2. The molecular formula is C14H27N3O. The number of carbonyl (C=O) groups excluding carboxylic acids is 1. The van der Waals surface area contributed by atoms with Crippen molar-refractivity contribution in [3.05, 3.63) is 0 Å². The van der Waals surface area contributed by atoms with E-state index in [1.807, 2.05) is 0 Å². The molecule has 2 N–H and O–H groups in total. The molecule has 0 aromatic rings. The fraction of sp³-hybridized carbons (Fsp3) is 0.929. The van der Waals surface area contributed by atoms with E-state index in [1.54, 1.807) is 0 Å². The molecule has 2 rings (SSSR count). The fourth-order valence-electron chi connectivity index (χ4n) is 2.94. The number of rotatable bonds is 4. The number of nitrogens with zero attached hydrogens (tertiary/aromatic N) is 1. The van der Waals surface area contributed by atoms with Crippen molar-refractivity contribution in [2.24, 2.45) is 5.92 Å². The first-order valence-corrected chi connectivity index (χ1v) is 7.42. The average Bonchev–Trinajstić information content (AvgIpc) is 2.86. The van der Waals surface area contributed by atoms with E-state index in [0.717, 1.165) is 26.1 Å². The summed E-state index contributed by atoms with van der Waals surface area (Å²) in [6.07, 6.45) is 4.59. The van der Waals surface area contributed by atoms with Gasteiger partial charge in [0.25, 0.3) is 0 Å². The quantitative estimate of drug-likeness (QED) is 0.785. The van der Waals surface area contributed by atoms with Crippen LogP contribution in [0.3, 0.4) is 0 Å². The molecule has 2 aliphatic rings. The van der Waals surface area contributed by atoms with Gasteiger partial charge in [-0.2, -0.15) is 0 Å². The lowest BCUT2D eigenvalue weighted by Crippen LogP contribution is -2.47. The summed E-state index contributed by atoms with van der Waals surface area (Å²) in [4.78, 5) is 14.5. The summed E-state index contributed by atoms with van der Waals surface area (Å²) in [6.45, 7) is 8.64. The van der Waals surface area contributed by atoms with Crippen molar-refractivity contribution in [2.45, 2.75) is 51.6 Å². The minimum atomic E-state index is 0.0568. The van der Waals surface area contributed by atoms with Crippen LogP contribution in [0.1, 0.15) is 39.5 Å². The van der Waals surface area contributed by atoms with Crippen LogP contribution in [-0.4, -0.2) is 49.1 Å². The van der Waals surface area contributed by atoms with Gasteiger partial charge in [-0.3, -0.25) is 4.79 Å². The number of hydrogen-bond acceptors (Lipinski definition) is 3. The normalized spacial score (nSPS) is 29.7. The van der Waals surface area contributed by atoms with Gasteiger partial charge in [-0.05, 0) is 52.1 Å². The van der Waals surface area contributed by atoms with Crippen LogP contribution in [0.5, 0.6) is 0 Å². The van der Waals surface area contributed by atoms with Crippen molar-refractivity contribution < 1.29 is 4.79 Å². The lowest BCUT2D eigenvalue weighted by atomic mass is 10.0. The Morgan fingerprint density at radius 3 is 2.83 bits per heavy atom. The maximum atomic E-state index is 12.0. The van der Waals surface area contributed by atoms with Gasteiger partial charge >= 0.3 is 0 Å². The van der Waals surface area contributed by atoms with Crippen molar-refractivity contribution in [1.82, 2.24) is 15.5 Å². The third-order valence-corrected chi connectivity index (χ3v) is 4.24. The van der Waals surface area contributed by atoms with E-state index in [1.165, 1.54) is 25.8 Å². The molecule has 0 radical (unpaired) electrons. The number of piperidine rings is 1. The molecule has 2 unspecified atom stereocenters. The highest BCUT2D eigenvalue weighted by Gasteiger charge is 2.26. The van der Waals surface area contributed by atoms with E-state index in [2.05, 4.69) is 29.4 Å². The molecular weight excluding hydrogens is 226 g/mol. The first-order chi connectivity index (χ1) is 8.66. The lowest BCUT2D eigenvalue weighted by molar-refractivity contribution is -0.123. The second-order valence-corrected chi connectivity index (χ2v) is 5.99. The largest absolute Gasteiger partial charge is 0.354 e. The Morgan fingerprint density at radius 2 is 2.22 bits per heavy atom. The highest BCUT2D eigenvalue weighted by Crippen LogP contribution is 2.17. The molecule has 104 valence electrons. The number of amides is 1. The van der Waals surface area contributed by atoms with Gasteiger partial charge in [0.05, 0.1) is 6.04 Å². The number of likely N-dealkylation sites (tertiary alicyclic amines) is 1. The summed E-state index contributed by atoms with van der Waals surface area (Å²) >= 11 is 0. The van der Waals surface area contributed by atoms with E-state index in [0.29, 0.717) is 12.0 Å². The maximum absolute atomic E-state index is 12.0. The Labute approximate surface area is 110 Å². The molecule has 2 atom stereocenters. The van der Waals surface area contributed by atoms with Crippen LogP contribution in [-0.2, 0) is 4.79 Å². The van der Waals surface area contributed by atoms with Crippen LogP contribution >= 0.6 is 0 Å². The van der Waals surface area contributed by atoms with Gasteiger partial charge in [0, 0.05) is 19.1 Å². The topological polar surface area (TPSA) is 44.4 Å². The van der Waals surface area contributed by atoms with E-state index in [-0.39, 0.29) is 11.9 Å². The number of carbonyl (C=O) groups is 1. The first-order valence-electron chi connectivity index (χ1n) is 7.42. The van der Waals surface area contributed by atoms with E-state index < -0.39 is 0 Å². The second kappa shape index (κ2) is 6.53. The molecule has 1 amide bonds. The first kappa shape index (κ1) is 13.8. The van der Waals surface area contributed by atoms with Crippen molar-refractivity contribution in [3.8, 4) is 0 Å². The molecule has 2 fully saturated rings. The van der Waals surface area contributed by atoms with Crippen LogP contribution < -0.4 is 10.6 Å². The van der Waals surface area contributed by atoms with Crippen LogP contribution in [0.25, 0.3) is 0 Å². The predicted octanol–water partition coefficient (Wildman–Crippen LogP) is 0.975. The molecule has 4 heteroatoms. The zero-order chi connectivity index (χ0) is 13.0. The summed E-state index contributed by atoms with van der Waals surface area (Å²) in [5.74, 6) is 0.845. The van der Waals surface area contributed by atoms with Crippen molar-refractivity contribution >= 4 is 5.91 Å². The number of nitrogens with one attached hydrogen (secondary N) is 2. The SMILES string of the molecule is CC(C)N1CCC(CNC(=O)C2CCCCN2)C1. The molecule has 2 aliphatic heterocycles. The third kappa shape index (κ3) is 3.69. The molecule has 2 saturated heterocycles. The van der Waals surface area contributed by atoms with E-state index in [4.69, 9.17) is 0 Å². The summed E-state index contributed by atoms with van der Waals surface area (Å²) in [7, 11) is 0. The summed E-state index contributed by atoms with van der Waals surface area (Å²) in [5.41, 5.74) is 0. The monoisotopic (exact) mass is 253 g/mol. The predicted molar refractivity (Wildman–Crippen MR) is 73.5 cm³/mol. The molecule has 0 spiro atoms. The smallest absolute Gasteiger partial charge is 0.237 e. The van der Waals surface area contributed by atoms with E-state index >= 15 is 0 Å². The maximum Gasteiger partial charge on any atom is 0.237 e. The highest BCUT2D eigenvalue weighted by atomic mass is 16.2. The molecule has 0 aromatic heterocycles. The van der Waals surface area contributed by atoms with Crippen molar-refractivity contribution in [2.75, 3.05) is 26.2 Å². The minimum Gasteiger partial charge on any atom is -0.354 e. The fourth-order valence-corrected chi connectivity index (χ4v) is 2.94.